The lowest BCUT2D eigenvalue weighted by Gasteiger charge is -2.10. The first-order valence-electron chi connectivity index (χ1n) is 5.58. The van der Waals surface area contributed by atoms with Crippen LogP contribution >= 0.6 is 0 Å². The van der Waals surface area contributed by atoms with Crippen LogP contribution in [0.5, 0.6) is 5.75 Å². The van der Waals surface area contributed by atoms with Gasteiger partial charge in [0.05, 0.1) is 0 Å². The number of halogens is 1. The molecule has 0 aliphatic heterocycles. The van der Waals surface area contributed by atoms with Gasteiger partial charge in [0.1, 0.15) is 24.5 Å². The summed E-state index contributed by atoms with van der Waals surface area (Å²) in [5, 5.41) is 7.60. The summed E-state index contributed by atoms with van der Waals surface area (Å²) >= 11 is 0. The average Bonchev–Trinajstić information content (AvgIpc) is 2.72. The molecular weight excluding hydrogens is 235 g/mol. The van der Waals surface area contributed by atoms with Gasteiger partial charge in [-0.1, -0.05) is 6.07 Å². The second-order valence-electron chi connectivity index (χ2n) is 4.12. The molecular formula is C12H15FN4O. The second kappa shape index (κ2) is 5.14. The van der Waals surface area contributed by atoms with Crippen LogP contribution in [0.1, 0.15) is 24.4 Å². The molecule has 0 aliphatic carbocycles. The third-order valence-corrected chi connectivity index (χ3v) is 2.64. The van der Waals surface area contributed by atoms with Crippen molar-refractivity contribution >= 4 is 0 Å². The molecule has 2 aromatic rings. The Labute approximate surface area is 104 Å². The SMILES string of the molecule is CC(N)c1ccc(OCc2nncn2C)cc1F. The number of nitrogens with zero attached hydrogens (tertiary/aromatic N) is 3. The van der Waals surface area contributed by atoms with Crippen LogP contribution in [0.15, 0.2) is 24.5 Å². The molecule has 1 heterocycles. The molecule has 0 radical (unpaired) electrons. The minimum Gasteiger partial charge on any atom is -0.486 e. The van der Waals surface area contributed by atoms with E-state index >= 15 is 0 Å². The minimum atomic E-state index is -0.361. The van der Waals surface area contributed by atoms with E-state index in [9.17, 15) is 4.39 Å². The summed E-state index contributed by atoms with van der Waals surface area (Å²) in [5.41, 5.74) is 6.11. The first-order chi connectivity index (χ1) is 8.58. The minimum absolute atomic E-state index is 0.244. The summed E-state index contributed by atoms with van der Waals surface area (Å²) in [7, 11) is 1.82. The highest BCUT2D eigenvalue weighted by Gasteiger charge is 2.09. The Kier molecular flexibility index (Phi) is 3.57. The fourth-order valence-electron chi connectivity index (χ4n) is 1.55. The van der Waals surface area contributed by atoms with Crippen molar-refractivity contribution in [2.45, 2.75) is 19.6 Å². The lowest BCUT2D eigenvalue weighted by atomic mass is 10.1. The summed E-state index contributed by atoms with van der Waals surface area (Å²) in [6.45, 7) is 1.98. The number of ether oxygens (including phenoxy) is 1. The molecule has 18 heavy (non-hydrogen) atoms. The summed E-state index contributed by atoms with van der Waals surface area (Å²) in [6.07, 6.45) is 1.58. The van der Waals surface area contributed by atoms with Gasteiger partial charge in [-0.25, -0.2) is 4.39 Å². The first-order valence-corrected chi connectivity index (χ1v) is 5.58. The summed E-state index contributed by atoms with van der Waals surface area (Å²) < 4.78 is 20.8. The Hall–Kier alpha value is -1.95. The lowest BCUT2D eigenvalue weighted by molar-refractivity contribution is 0.289. The first kappa shape index (κ1) is 12.5. The highest BCUT2D eigenvalue weighted by atomic mass is 19.1. The number of hydrogen-bond donors (Lipinski definition) is 1. The normalized spacial score (nSPS) is 12.4. The van der Waals surface area contributed by atoms with Crippen LogP contribution in [0.25, 0.3) is 0 Å². The molecule has 0 bridgehead atoms. The maximum atomic E-state index is 13.7. The van der Waals surface area contributed by atoms with E-state index in [-0.39, 0.29) is 18.5 Å². The number of benzene rings is 1. The van der Waals surface area contributed by atoms with Gasteiger partial charge in [0.2, 0.25) is 0 Å². The van der Waals surface area contributed by atoms with Crippen molar-refractivity contribution in [2.75, 3.05) is 0 Å². The fraction of sp³-hybridized carbons (Fsp3) is 0.333. The van der Waals surface area contributed by atoms with Gasteiger partial charge in [-0.2, -0.15) is 0 Å². The van der Waals surface area contributed by atoms with Crippen molar-refractivity contribution in [2.24, 2.45) is 12.8 Å². The molecule has 96 valence electrons. The highest BCUT2D eigenvalue weighted by molar-refractivity contribution is 5.30. The Morgan fingerprint density at radius 1 is 1.50 bits per heavy atom. The van der Waals surface area contributed by atoms with E-state index < -0.39 is 0 Å². The molecule has 5 nitrogen and oxygen atoms in total. The van der Waals surface area contributed by atoms with E-state index in [1.54, 1.807) is 30.0 Å². The quantitative estimate of drug-likeness (QED) is 0.894. The van der Waals surface area contributed by atoms with Gasteiger partial charge in [0, 0.05) is 24.7 Å². The number of aromatic nitrogens is 3. The Balaban J connectivity index is 2.07. The number of nitrogens with two attached hydrogens (primary N) is 1. The molecule has 2 rings (SSSR count). The molecule has 2 N–H and O–H groups in total. The van der Waals surface area contributed by atoms with Crippen LogP contribution in [0.3, 0.4) is 0 Å². The van der Waals surface area contributed by atoms with Gasteiger partial charge in [-0.3, -0.25) is 0 Å². The van der Waals surface area contributed by atoms with Crippen molar-refractivity contribution in [3.8, 4) is 5.75 Å². The zero-order chi connectivity index (χ0) is 13.1. The molecule has 1 unspecified atom stereocenters. The largest absolute Gasteiger partial charge is 0.486 e. The maximum absolute atomic E-state index is 13.7. The van der Waals surface area contributed by atoms with Crippen LogP contribution in [-0.4, -0.2) is 14.8 Å². The Bertz CT molecular complexity index is 539. The van der Waals surface area contributed by atoms with Crippen LogP contribution < -0.4 is 10.5 Å². The number of aryl methyl sites for hydroxylation is 1. The molecule has 0 fully saturated rings. The van der Waals surface area contributed by atoms with Crippen molar-refractivity contribution in [3.05, 3.63) is 41.7 Å². The molecule has 0 saturated heterocycles. The van der Waals surface area contributed by atoms with E-state index in [0.717, 1.165) is 0 Å². The summed E-state index contributed by atoms with van der Waals surface area (Å²) in [6, 6.07) is 4.32. The summed E-state index contributed by atoms with van der Waals surface area (Å²) in [5.74, 6) is 0.757. The maximum Gasteiger partial charge on any atom is 0.170 e. The van der Waals surface area contributed by atoms with Crippen LogP contribution in [0.4, 0.5) is 4.39 Å². The summed E-state index contributed by atoms with van der Waals surface area (Å²) in [4.78, 5) is 0. The lowest BCUT2D eigenvalue weighted by Crippen LogP contribution is -2.08. The van der Waals surface area contributed by atoms with E-state index in [1.165, 1.54) is 6.07 Å². The highest BCUT2D eigenvalue weighted by Crippen LogP contribution is 2.21. The molecule has 6 heteroatoms. The molecule has 0 aliphatic rings. The Morgan fingerprint density at radius 3 is 2.83 bits per heavy atom. The van der Waals surface area contributed by atoms with E-state index in [4.69, 9.17) is 10.5 Å². The van der Waals surface area contributed by atoms with Gasteiger partial charge in [0.25, 0.3) is 0 Å². The third kappa shape index (κ3) is 2.65. The molecule has 1 aromatic carbocycles. The van der Waals surface area contributed by atoms with Crippen molar-refractivity contribution < 1.29 is 9.13 Å². The average molecular weight is 250 g/mol. The van der Waals surface area contributed by atoms with Gasteiger partial charge >= 0.3 is 0 Å². The van der Waals surface area contributed by atoms with Gasteiger partial charge in [-0.05, 0) is 13.0 Å². The van der Waals surface area contributed by atoms with Crippen molar-refractivity contribution in [1.29, 1.82) is 0 Å². The third-order valence-electron chi connectivity index (χ3n) is 2.64. The van der Waals surface area contributed by atoms with E-state index in [1.807, 2.05) is 7.05 Å². The topological polar surface area (TPSA) is 66.0 Å². The zero-order valence-electron chi connectivity index (χ0n) is 10.3. The molecule has 0 saturated carbocycles. The van der Waals surface area contributed by atoms with Crippen LogP contribution in [-0.2, 0) is 13.7 Å². The number of rotatable bonds is 4. The molecule has 0 amide bonds. The van der Waals surface area contributed by atoms with Gasteiger partial charge in [0.15, 0.2) is 5.82 Å². The van der Waals surface area contributed by atoms with E-state index in [0.29, 0.717) is 17.1 Å². The van der Waals surface area contributed by atoms with Crippen molar-refractivity contribution in [1.82, 2.24) is 14.8 Å². The predicted octanol–water partition coefficient (Wildman–Crippen LogP) is 1.55. The smallest absolute Gasteiger partial charge is 0.170 e. The monoisotopic (exact) mass is 250 g/mol. The van der Waals surface area contributed by atoms with Gasteiger partial charge in [-0.15, -0.1) is 10.2 Å². The van der Waals surface area contributed by atoms with Crippen LogP contribution in [0, 0.1) is 5.82 Å². The Morgan fingerprint density at radius 2 is 2.28 bits per heavy atom. The standard InChI is InChI=1S/C12H15FN4O/c1-8(14)10-4-3-9(5-11(10)13)18-6-12-16-15-7-17(12)2/h3-5,7-8H,6,14H2,1-2H3. The van der Waals surface area contributed by atoms with Crippen molar-refractivity contribution in [3.63, 3.8) is 0 Å². The molecule has 1 aromatic heterocycles. The fourth-order valence-corrected chi connectivity index (χ4v) is 1.55. The second-order valence-corrected chi connectivity index (χ2v) is 4.12. The van der Waals surface area contributed by atoms with E-state index in [2.05, 4.69) is 10.2 Å². The molecule has 1 atom stereocenters. The molecule has 0 spiro atoms. The zero-order valence-corrected chi connectivity index (χ0v) is 10.3. The number of hydrogen-bond acceptors (Lipinski definition) is 4. The van der Waals surface area contributed by atoms with Gasteiger partial charge < -0.3 is 15.0 Å². The predicted molar refractivity (Wildman–Crippen MR) is 64.3 cm³/mol. The van der Waals surface area contributed by atoms with Crippen LogP contribution in [0.2, 0.25) is 0 Å².